The number of hydrogen-bond donors (Lipinski definition) is 2. The van der Waals surface area contributed by atoms with E-state index < -0.39 is 41.2 Å². The SMILES string of the molecule is CC(=O)OCC1=C(P(=O)(O)O)N2C(=O)[C@@H](/N=C/c3ccc([N+](=O)[O-])cc3)[C@H]2SC1. The molecule has 2 aliphatic heterocycles. The third-order valence-corrected chi connectivity index (χ3v) is 6.61. The number of β-lactam (4-membered cyclic amide) rings is 1. The summed E-state index contributed by atoms with van der Waals surface area (Å²) >= 11 is 1.26. The standard InChI is InChI=1S/C16H16N3O8PS/c1-9(20)27-7-11-8-29-16-13(14(21)18(16)15(11)28(24,25)26)17-6-10-2-4-12(5-3-10)19(22)23/h2-6,13,16H,7-8H2,1H3,(H2,24,25,26)/b17-6+/t13-,16-/m1/s1. The van der Waals surface area contributed by atoms with Crippen molar-refractivity contribution in [3.63, 3.8) is 0 Å². The first-order chi connectivity index (χ1) is 13.6. The summed E-state index contributed by atoms with van der Waals surface area (Å²) in [5.41, 5.74) is 0.215. The fourth-order valence-electron chi connectivity index (χ4n) is 2.89. The van der Waals surface area contributed by atoms with Gasteiger partial charge in [-0.05, 0) is 17.7 Å². The van der Waals surface area contributed by atoms with Crippen LogP contribution >= 0.6 is 19.4 Å². The van der Waals surface area contributed by atoms with E-state index in [4.69, 9.17) is 4.74 Å². The molecule has 0 bridgehead atoms. The highest BCUT2D eigenvalue weighted by Gasteiger charge is 2.55. The number of ether oxygens (including phenoxy) is 1. The fraction of sp³-hybridized carbons (Fsp3) is 0.312. The van der Waals surface area contributed by atoms with Crippen molar-refractivity contribution in [3.05, 3.63) is 51.0 Å². The van der Waals surface area contributed by atoms with Crippen molar-refractivity contribution in [2.75, 3.05) is 12.4 Å². The Bertz CT molecular complexity index is 971. The van der Waals surface area contributed by atoms with Crippen LogP contribution in [0.15, 0.2) is 40.3 Å². The third kappa shape index (κ3) is 4.40. The predicted molar refractivity (Wildman–Crippen MR) is 103 cm³/mol. The van der Waals surface area contributed by atoms with E-state index in [1.54, 1.807) is 0 Å². The molecule has 13 heteroatoms. The van der Waals surface area contributed by atoms with Crippen molar-refractivity contribution < 1.29 is 33.6 Å². The van der Waals surface area contributed by atoms with Gasteiger partial charge in [0.1, 0.15) is 17.4 Å². The molecule has 2 heterocycles. The molecule has 1 amide bonds. The Morgan fingerprint density at radius 2 is 2.10 bits per heavy atom. The summed E-state index contributed by atoms with van der Waals surface area (Å²) in [6, 6.07) is 4.74. The average molecular weight is 441 g/mol. The first-order valence-corrected chi connectivity index (χ1v) is 10.9. The van der Waals surface area contributed by atoms with Crippen LogP contribution in [0.25, 0.3) is 0 Å². The van der Waals surface area contributed by atoms with E-state index in [9.17, 15) is 34.1 Å². The van der Waals surface area contributed by atoms with Crippen LogP contribution < -0.4 is 0 Å². The molecule has 2 N–H and O–H groups in total. The fourth-order valence-corrected chi connectivity index (χ4v) is 5.45. The smallest absolute Gasteiger partial charge is 0.372 e. The molecule has 1 fully saturated rings. The number of nitro groups is 1. The van der Waals surface area contributed by atoms with Crippen LogP contribution in [-0.2, 0) is 18.9 Å². The zero-order valence-electron chi connectivity index (χ0n) is 15.0. The number of non-ortho nitro benzene ring substituents is 1. The second-order valence-corrected chi connectivity index (χ2v) is 8.85. The first kappa shape index (κ1) is 21.2. The van der Waals surface area contributed by atoms with Gasteiger partial charge in [-0.25, -0.2) is 0 Å². The highest BCUT2D eigenvalue weighted by Crippen LogP contribution is 2.56. The lowest BCUT2D eigenvalue weighted by molar-refractivity contribution is -0.384. The van der Waals surface area contributed by atoms with Crippen molar-refractivity contribution >= 4 is 43.1 Å². The molecule has 0 aromatic heterocycles. The molecule has 2 aliphatic rings. The van der Waals surface area contributed by atoms with Gasteiger partial charge in [0, 0.05) is 36.6 Å². The number of carbonyl (C=O) groups is 2. The maximum atomic E-state index is 12.5. The summed E-state index contributed by atoms with van der Waals surface area (Å²) < 4.78 is 16.8. The van der Waals surface area contributed by atoms with E-state index in [1.165, 1.54) is 49.2 Å². The number of nitrogens with zero attached hydrogens (tertiary/aromatic N) is 3. The molecule has 0 aliphatic carbocycles. The molecule has 2 atom stereocenters. The molecule has 1 saturated heterocycles. The Labute approximate surface area is 168 Å². The van der Waals surface area contributed by atoms with Gasteiger partial charge >= 0.3 is 13.6 Å². The van der Waals surface area contributed by atoms with E-state index in [1.807, 2.05) is 0 Å². The Morgan fingerprint density at radius 3 is 2.66 bits per heavy atom. The van der Waals surface area contributed by atoms with Gasteiger partial charge in [-0.1, -0.05) is 0 Å². The van der Waals surface area contributed by atoms with Crippen molar-refractivity contribution in [2.24, 2.45) is 4.99 Å². The van der Waals surface area contributed by atoms with Gasteiger partial charge in [-0.15, -0.1) is 11.8 Å². The Kier molecular flexibility index (Phi) is 5.90. The Balaban J connectivity index is 1.79. The molecule has 0 spiro atoms. The lowest BCUT2D eigenvalue weighted by Crippen LogP contribution is -2.63. The van der Waals surface area contributed by atoms with E-state index in [2.05, 4.69) is 4.99 Å². The summed E-state index contributed by atoms with van der Waals surface area (Å²) in [6.45, 7) is 0.865. The van der Waals surface area contributed by atoms with E-state index >= 15 is 0 Å². The molecular formula is C16H16N3O8PS. The minimum atomic E-state index is -4.79. The van der Waals surface area contributed by atoms with Crippen molar-refractivity contribution in [1.82, 2.24) is 4.90 Å². The number of thioether (sulfide) groups is 1. The summed E-state index contributed by atoms with van der Waals surface area (Å²) in [5, 5.41) is 10.1. The van der Waals surface area contributed by atoms with Gasteiger partial charge in [0.05, 0.1) is 4.92 Å². The monoisotopic (exact) mass is 441 g/mol. The molecule has 0 unspecified atom stereocenters. The number of hydrogen-bond acceptors (Lipinski definition) is 8. The van der Waals surface area contributed by atoms with Gasteiger partial charge in [0.15, 0.2) is 6.04 Å². The predicted octanol–water partition coefficient (Wildman–Crippen LogP) is 1.25. The summed E-state index contributed by atoms with van der Waals surface area (Å²) in [5.74, 6) is -1.01. The van der Waals surface area contributed by atoms with Gasteiger partial charge in [0.25, 0.3) is 11.6 Å². The molecule has 154 valence electrons. The number of amides is 1. The largest absolute Gasteiger partial charge is 0.461 e. The van der Waals surface area contributed by atoms with Crippen LogP contribution in [0.4, 0.5) is 5.69 Å². The maximum absolute atomic E-state index is 12.5. The van der Waals surface area contributed by atoms with Crippen LogP contribution in [0.3, 0.4) is 0 Å². The molecule has 11 nitrogen and oxygen atoms in total. The third-order valence-electron chi connectivity index (χ3n) is 4.20. The summed E-state index contributed by atoms with van der Waals surface area (Å²) in [4.78, 5) is 58.3. The second-order valence-electron chi connectivity index (χ2n) is 6.23. The van der Waals surface area contributed by atoms with Crippen LogP contribution in [0.1, 0.15) is 12.5 Å². The lowest BCUT2D eigenvalue weighted by atomic mass is 10.1. The van der Waals surface area contributed by atoms with Crippen molar-refractivity contribution in [1.29, 1.82) is 0 Å². The number of fused-ring (bicyclic) bond motifs is 1. The zero-order chi connectivity index (χ0) is 21.3. The lowest BCUT2D eigenvalue weighted by Gasteiger charge is -2.48. The zero-order valence-corrected chi connectivity index (χ0v) is 16.7. The molecule has 1 aromatic rings. The number of aliphatic imine (C=N–C) groups is 1. The quantitative estimate of drug-likeness (QED) is 0.165. The normalized spacial score (nSPS) is 21.8. The van der Waals surface area contributed by atoms with Gasteiger partial charge < -0.3 is 14.5 Å². The maximum Gasteiger partial charge on any atom is 0.372 e. The molecular weight excluding hydrogens is 425 g/mol. The van der Waals surface area contributed by atoms with E-state index in [-0.39, 0.29) is 23.6 Å². The molecule has 1 aromatic carbocycles. The van der Waals surface area contributed by atoms with E-state index in [0.717, 1.165) is 4.90 Å². The number of carbonyl (C=O) groups excluding carboxylic acids is 2. The van der Waals surface area contributed by atoms with Crippen LogP contribution in [0, 0.1) is 10.1 Å². The number of nitro benzene ring substituents is 1. The van der Waals surface area contributed by atoms with Crippen LogP contribution in [-0.4, -0.2) is 61.5 Å². The average Bonchev–Trinajstić information content (AvgIpc) is 2.65. The molecule has 29 heavy (non-hydrogen) atoms. The number of benzene rings is 1. The minimum absolute atomic E-state index is 0.0763. The van der Waals surface area contributed by atoms with Crippen molar-refractivity contribution in [3.8, 4) is 0 Å². The Hall–Kier alpha value is -2.53. The molecule has 3 rings (SSSR count). The van der Waals surface area contributed by atoms with Gasteiger partial charge in [-0.3, -0.25) is 34.2 Å². The van der Waals surface area contributed by atoms with Gasteiger partial charge in [0.2, 0.25) is 0 Å². The minimum Gasteiger partial charge on any atom is -0.461 e. The summed E-state index contributed by atoms with van der Waals surface area (Å²) in [7, 11) is -4.79. The van der Waals surface area contributed by atoms with Crippen molar-refractivity contribution in [2.45, 2.75) is 18.3 Å². The molecule has 0 radical (unpaired) electrons. The second kappa shape index (κ2) is 8.07. The molecule has 0 saturated carbocycles. The first-order valence-electron chi connectivity index (χ1n) is 8.23. The van der Waals surface area contributed by atoms with Gasteiger partial charge in [-0.2, -0.15) is 0 Å². The van der Waals surface area contributed by atoms with E-state index in [0.29, 0.717) is 5.56 Å². The Morgan fingerprint density at radius 1 is 1.45 bits per heavy atom. The number of rotatable bonds is 6. The summed E-state index contributed by atoms with van der Waals surface area (Å²) in [6.07, 6.45) is 1.39. The highest BCUT2D eigenvalue weighted by molar-refractivity contribution is 8.00. The highest BCUT2D eigenvalue weighted by atomic mass is 32.2. The number of esters is 1. The topological polar surface area (TPSA) is 160 Å². The van der Waals surface area contributed by atoms with Crippen LogP contribution in [0.2, 0.25) is 0 Å². The van der Waals surface area contributed by atoms with Crippen LogP contribution in [0.5, 0.6) is 0 Å².